The molecule has 0 saturated carbocycles. The van der Waals surface area contributed by atoms with Crippen molar-refractivity contribution in [2.24, 2.45) is 11.1 Å². The standard InChI is InChI=1S/C16H25N3/c1-12(17)15-6-5-14(11-18-15)19-9-7-13(8-10-19)16(2,3)4/h5-7,11-12H,8-10,17H2,1-4H3/t12-/m0/s1. The van der Waals surface area contributed by atoms with Crippen LogP contribution in [-0.4, -0.2) is 18.1 Å². The Hall–Kier alpha value is -1.35. The summed E-state index contributed by atoms with van der Waals surface area (Å²) in [7, 11) is 0. The molecule has 1 aromatic heterocycles. The normalized spacial score (nSPS) is 18.2. The maximum atomic E-state index is 5.82. The summed E-state index contributed by atoms with van der Waals surface area (Å²) >= 11 is 0. The maximum absolute atomic E-state index is 5.82. The van der Waals surface area contributed by atoms with Gasteiger partial charge < -0.3 is 10.6 Å². The van der Waals surface area contributed by atoms with Gasteiger partial charge in [0.15, 0.2) is 0 Å². The van der Waals surface area contributed by atoms with E-state index in [1.807, 2.05) is 19.2 Å². The molecular formula is C16H25N3. The van der Waals surface area contributed by atoms with Gasteiger partial charge in [-0.1, -0.05) is 32.4 Å². The van der Waals surface area contributed by atoms with E-state index in [0.717, 1.165) is 25.2 Å². The van der Waals surface area contributed by atoms with Crippen LogP contribution in [0.25, 0.3) is 0 Å². The zero-order valence-electron chi connectivity index (χ0n) is 12.5. The lowest BCUT2D eigenvalue weighted by Gasteiger charge is -2.33. The summed E-state index contributed by atoms with van der Waals surface area (Å²) in [5.41, 5.74) is 9.82. The zero-order chi connectivity index (χ0) is 14.0. The smallest absolute Gasteiger partial charge is 0.0569 e. The molecule has 0 aliphatic carbocycles. The second-order valence-corrected chi connectivity index (χ2v) is 6.41. The van der Waals surface area contributed by atoms with Gasteiger partial charge in [-0.05, 0) is 30.9 Å². The molecule has 3 heteroatoms. The van der Waals surface area contributed by atoms with Crippen molar-refractivity contribution in [1.82, 2.24) is 4.98 Å². The number of nitrogens with two attached hydrogens (primary N) is 1. The molecule has 19 heavy (non-hydrogen) atoms. The number of anilines is 1. The van der Waals surface area contributed by atoms with Crippen molar-refractivity contribution in [3.8, 4) is 0 Å². The molecule has 0 amide bonds. The summed E-state index contributed by atoms with van der Waals surface area (Å²) in [4.78, 5) is 6.80. The highest BCUT2D eigenvalue weighted by molar-refractivity contribution is 5.47. The first-order valence-electron chi connectivity index (χ1n) is 7.04. The van der Waals surface area contributed by atoms with Crippen molar-refractivity contribution >= 4 is 5.69 Å². The fraction of sp³-hybridized carbons (Fsp3) is 0.562. The molecule has 2 rings (SSSR count). The summed E-state index contributed by atoms with van der Waals surface area (Å²) in [5, 5.41) is 0. The van der Waals surface area contributed by atoms with Gasteiger partial charge in [0.2, 0.25) is 0 Å². The van der Waals surface area contributed by atoms with Gasteiger partial charge in [-0.3, -0.25) is 4.98 Å². The molecule has 0 spiro atoms. The third-order valence-electron chi connectivity index (χ3n) is 3.77. The number of pyridine rings is 1. The van der Waals surface area contributed by atoms with E-state index in [0.29, 0.717) is 5.41 Å². The lowest BCUT2D eigenvalue weighted by Crippen LogP contribution is -2.31. The van der Waals surface area contributed by atoms with Crippen LogP contribution >= 0.6 is 0 Å². The molecule has 2 N–H and O–H groups in total. The van der Waals surface area contributed by atoms with E-state index in [4.69, 9.17) is 5.73 Å². The molecule has 0 bridgehead atoms. The van der Waals surface area contributed by atoms with Crippen molar-refractivity contribution in [2.45, 2.75) is 40.2 Å². The lowest BCUT2D eigenvalue weighted by atomic mass is 9.83. The molecule has 1 aliphatic rings. The van der Waals surface area contributed by atoms with Crippen molar-refractivity contribution < 1.29 is 0 Å². The van der Waals surface area contributed by atoms with E-state index >= 15 is 0 Å². The van der Waals surface area contributed by atoms with Gasteiger partial charge in [0.25, 0.3) is 0 Å². The van der Waals surface area contributed by atoms with Crippen LogP contribution in [-0.2, 0) is 0 Å². The zero-order valence-corrected chi connectivity index (χ0v) is 12.5. The van der Waals surface area contributed by atoms with Gasteiger partial charge in [-0.25, -0.2) is 0 Å². The van der Waals surface area contributed by atoms with Gasteiger partial charge in [0, 0.05) is 19.1 Å². The van der Waals surface area contributed by atoms with Crippen molar-refractivity contribution in [3.05, 3.63) is 35.7 Å². The van der Waals surface area contributed by atoms with Crippen LogP contribution in [0.1, 0.15) is 45.9 Å². The number of hydrogen-bond acceptors (Lipinski definition) is 3. The molecular weight excluding hydrogens is 234 g/mol. The maximum Gasteiger partial charge on any atom is 0.0569 e. The lowest BCUT2D eigenvalue weighted by molar-refractivity contribution is 0.472. The monoisotopic (exact) mass is 259 g/mol. The number of hydrogen-bond donors (Lipinski definition) is 1. The first kappa shape index (κ1) is 14.1. The SMILES string of the molecule is C[C@H](N)c1ccc(N2CC=C(C(C)(C)C)CC2)cn1. The minimum atomic E-state index is 0.00259. The van der Waals surface area contributed by atoms with Gasteiger partial charge in [-0.2, -0.15) is 0 Å². The number of rotatable bonds is 2. The van der Waals surface area contributed by atoms with E-state index in [9.17, 15) is 0 Å². The summed E-state index contributed by atoms with van der Waals surface area (Å²) < 4.78 is 0. The summed E-state index contributed by atoms with van der Waals surface area (Å²) in [6, 6.07) is 4.16. The van der Waals surface area contributed by atoms with Gasteiger partial charge >= 0.3 is 0 Å². The van der Waals surface area contributed by atoms with E-state index in [1.165, 1.54) is 5.69 Å². The molecule has 1 aliphatic heterocycles. The van der Waals surface area contributed by atoms with Crippen LogP contribution in [0.3, 0.4) is 0 Å². The fourth-order valence-electron chi connectivity index (χ4n) is 2.44. The average Bonchev–Trinajstić information content (AvgIpc) is 2.38. The molecule has 0 fully saturated rings. The van der Waals surface area contributed by atoms with E-state index in [1.54, 1.807) is 5.57 Å². The second kappa shape index (κ2) is 5.33. The van der Waals surface area contributed by atoms with Crippen LogP contribution < -0.4 is 10.6 Å². The third kappa shape index (κ3) is 3.35. The molecule has 1 aromatic rings. The van der Waals surface area contributed by atoms with Crippen molar-refractivity contribution in [2.75, 3.05) is 18.0 Å². The predicted molar refractivity (Wildman–Crippen MR) is 81.2 cm³/mol. The fourth-order valence-corrected chi connectivity index (χ4v) is 2.44. The van der Waals surface area contributed by atoms with E-state index in [-0.39, 0.29) is 6.04 Å². The van der Waals surface area contributed by atoms with Crippen LogP contribution in [0.5, 0.6) is 0 Å². The molecule has 0 unspecified atom stereocenters. The third-order valence-corrected chi connectivity index (χ3v) is 3.77. The molecule has 2 heterocycles. The number of nitrogens with zero attached hydrogens (tertiary/aromatic N) is 2. The molecule has 0 saturated heterocycles. The van der Waals surface area contributed by atoms with Crippen molar-refractivity contribution in [1.29, 1.82) is 0 Å². The summed E-state index contributed by atoms with van der Waals surface area (Å²) in [6.07, 6.45) is 5.44. The van der Waals surface area contributed by atoms with Crippen LogP contribution in [0.4, 0.5) is 5.69 Å². The topological polar surface area (TPSA) is 42.1 Å². The Morgan fingerprint density at radius 1 is 1.32 bits per heavy atom. The Morgan fingerprint density at radius 3 is 2.47 bits per heavy atom. The second-order valence-electron chi connectivity index (χ2n) is 6.41. The Balaban J connectivity index is 2.07. The van der Waals surface area contributed by atoms with Crippen LogP contribution in [0.15, 0.2) is 30.0 Å². The largest absolute Gasteiger partial charge is 0.366 e. The molecule has 104 valence electrons. The van der Waals surface area contributed by atoms with E-state index in [2.05, 4.69) is 42.8 Å². The summed E-state index contributed by atoms with van der Waals surface area (Å²) in [6.45, 7) is 10.9. The van der Waals surface area contributed by atoms with Gasteiger partial charge in [-0.15, -0.1) is 0 Å². The Bertz CT molecular complexity index is 452. The molecule has 0 aromatic carbocycles. The Morgan fingerprint density at radius 2 is 2.05 bits per heavy atom. The quantitative estimate of drug-likeness (QED) is 0.829. The van der Waals surface area contributed by atoms with Crippen molar-refractivity contribution in [3.63, 3.8) is 0 Å². The highest BCUT2D eigenvalue weighted by Gasteiger charge is 2.21. The molecule has 0 radical (unpaired) electrons. The molecule has 3 nitrogen and oxygen atoms in total. The first-order valence-corrected chi connectivity index (χ1v) is 7.04. The Kier molecular flexibility index (Phi) is 3.95. The van der Waals surface area contributed by atoms with Crippen LogP contribution in [0, 0.1) is 5.41 Å². The first-order chi connectivity index (χ1) is 8.88. The predicted octanol–water partition coefficient (Wildman–Crippen LogP) is 3.28. The highest BCUT2D eigenvalue weighted by atomic mass is 15.1. The number of aromatic nitrogens is 1. The summed E-state index contributed by atoms with van der Waals surface area (Å²) in [5.74, 6) is 0. The van der Waals surface area contributed by atoms with Crippen LogP contribution in [0.2, 0.25) is 0 Å². The minimum absolute atomic E-state index is 0.00259. The minimum Gasteiger partial charge on any atom is -0.366 e. The highest BCUT2D eigenvalue weighted by Crippen LogP contribution is 2.31. The van der Waals surface area contributed by atoms with Gasteiger partial charge in [0.1, 0.15) is 0 Å². The van der Waals surface area contributed by atoms with Gasteiger partial charge in [0.05, 0.1) is 17.6 Å². The van der Waals surface area contributed by atoms with E-state index < -0.39 is 0 Å². The molecule has 1 atom stereocenters. The average molecular weight is 259 g/mol. The Labute approximate surface area is 116 Å².